The van der Waals surface area contributed by atoms with E-state index >= 15 is 0 Å². The molecule has 3 rings (SSSR count). The summed E-state index contributed by atoms with van der Waals surface area (Å²) < 4.78 is 45.6. The van der Waals surface area contributed by atoms with Crippen LogP contribution < -0.4 is 4.74 Å². The molecule has 1 aliphatic carbocycles. The van der Waals surface area contributed by atoms with Crippen molar-refractivity contribution in [1.82, 2.24) is 0 Å². The molecule has 0 heterocycles. The van der Waals surface area contributed by atoms with Gasteiger partial charge in [0.1, 0.15) is 11.6 Å². The van der Waals surface area contributed by atoms with Crippen LogP contribution in [0.5, 0.6) is 5.75 Å². The van der Waals surface area contributed by atoms with Gasteiger partial charge < -0.3 is 4.74 Å². The normalized spacial score (nSPS) is 18.0. The van der Waals surface area contributed by atoms with E-state index in [0.717, 1.165) is 50.5 Å². The molecule has 34 heavy (non-hydrogen) atoms. The van der Waals surface area contributed by atoms with Crippen LogP contribution in [-0.2, 0) is 20.7 Å². The summed E-state index contributed by atoms with van der Waals surface area (Å²) in [5.41, 5.74) is 4.06. The first-order valence-electron chi connectivity index (χ1n) is 12.6. The van der Waals surface area contributed by atoms with Gasteiger partial charge in [-0.1, -0.05) is 63.1 Å². The maximum Gasteiger partial charge on any atom is 0.264 e. The third kappa shape index (κ3) is 8.38. The lowest BCUT2D eigenvalue weighted by Crippen LogP contribution is -2.19. The number of ether oxygens (including phenoxy) is 1. The van der Waals surface area contributed by atoms with Crippen molar-refractivity contribution in [2.45, 2.75) is 82.5 Å². The number of halogens is 1. The monoisotopic (exact) mass is 490 g/mol. The zero-order valence-electron chi connectivity index (χ0n) is 20.6. The second-order valence-electron chi connectivity index (χ2n) is 9.51. The standard InChI is InChI=1S/C28H39FO4S/c1-32-25-17-19-27-23(21-25)14-18-26(22-12-15-24(29)16-13-22)28(27)11-9-7-5-3-4-6-8-10-20-33-34(2,30)31/h12-13,15-17,19,21,26,28H,3-11,14,18,20H2,1-2H3. The van der Waals surface area contributed by atoms with Crippen LogP contribution in [0.15, 0.2) is 42.5 Å². The summed E-state index contributed by atoms with van der Waals surface area (Å²) in [4.78, 5) is 0. The number of fused-ring (bicyclic) bond motifs is 1. The SMILES string of the molecule is COc1ccc2c(c1)CCC(c1ccc(F)cc1)C2CCCCCCCCCCOS(C)(=O)=O. The number of unbranched alkanes of at least 4 members (excludes halogenated alkanes) is 7. The van der Waals surface area contributed by atoms with E-state index < -0.39 is 10.1 Å². The Hall–Kier alpha value is -1.92. The molecule has 2 atom stereocenters. The van der Waals surface area contributed by atoms with Gasteiger partial charge in [-0.25, -0.2) is 4.39 Å². The Kier molecular flexibility index (Phi) is 10.4. The van der Waals surface area contributed by atoms with E-state index in [1.165, 1.54) is 48.8 Å². The van der Waals surface area contributed by atoms with E-state index in [2.05, 4.69) is 18.2 Å². The van der Waals surface area contributed by atoms with Gasteiger partial charge in [-0.05, 0) is 78.5 Å². The first-order valence-corrected chi connectivity index (χ1v) is 14.5. The molecule has 2 aromatic rings. The van der Waals surface area contributed by atoms with Gasteiger partial charge in [0.15, 0.2) is 0 Å². The third-order valence-corrected chi connectivity index (χ3v) is 7.56. The minimum atomic E-state index is -3.31. The van der Waals surface area contributed by atoms with Crippen molar-refractivity contribution in [3.8, 4) is 5.75 Å². The molecule has 2 aromatic carbocycles. The fraction of sp³-hybridized carbons (Fsp3) is 0.571. The highest BCUT2D eigenvalue weighted by atomic mass is 32.2. The number of hydrogen-bond acceptors (Lipinski definition) is 4. The molecule has 0 saturated carbocycles. The maximum atomic E-state index is 13.5. The van der Waals surface area contributed by atoms with Gasteiger partial charge in [0, 0.05) is 0 Å². The molecule has 0 N–H and O–H groups in total. The minimum absolute atomic E-state index is 0.177. The highest BCUT2D eigenvalue weighted by Crippen LogP contribution is 2.46. The zero-order chi connectivity index (χ0) is 24.4. The highest BCUT2D eigenvalue weighted by Gasteiger charge is 2.30. The van der Waals surface area contributed by atoms with Crippen molar-refractivity contribution in [1.29, 1.82) is 0 Å². The number of methoxy groups -OCH3 is 1. The van der Waals surface area contributed by atoms with Gasteiger partial charge in [0.05, 0.1) is 20.0 Å². The van der Waals surface area contributed by atoms with Crippen LogP contribution >= 0.6 is 0 Å². The number of benzene rings is 2. The summed E-state index contributed by atoms with van der Waals surface area (Å²) in [5, 5.41) is 0. The van der Waals surface area contributed by atoms with Gasteiger partial charge in [-0.3, -0.25) is 4.18 Å². The Labute approximate surface area is 205 Å². The molecule has 0 radical (unpaired) electrons. The average Bonchev–Trinajstić information content (AvgIpc) is 2.82. The van der Waals surface area contributed by atoms with Gasteiger partial charge in [-0.2, -0.15) is 8.42 Å². The number of aryl methyl sites for hydroxylation is 1. The summed E-state index contributed by atoms with van der Waals surface area (Å²) in [6, 6.07) is 13.6. The molecule has 6 heteroatoms. The van der Waals surface area contributed by atoms with E-state index in [1.54, 1.807) is 19.2 Å². The van der Waals surface area contributed by atoms with E-state index in [0.29, 0.717) is 18.4 Å². The van der Waals surface area contributed by atoms with Gasteiger partial charge in [0.25, 0.3) is 10.1 Å². The molecule has 0 aliphatic heterocycles. The molecule has 188 valence electrons. The average molecular weight is 491 g/mol. The number of hydrogen-bond donors (Lipinski definition) is 0. The van der Waals surface area contributed by atoms with Crippen LogP contribution in [0.3, 0.4) is 0 Å². The van der Waals surface area contributed by atoms with Crippen LogP contribution in [0.1, 0.15) is 92.7 Å². The summed E-state index contributed by atoms with van der Waals surface area (Å²) in [6.45, 7) is 0.294. The Balaban J connectivity index is 1.46. The Bertz CT molecular complexity index is 988. The molecule has 0 spiro atoms. The van der Waals surface area contributed by atoms with E-state index in [9.17, 15) is 12.8 Å². The Morgan fingerprint density at radius 1 is 0.912 bits per heavy atom. The summed E-state index contributed by atoms with van der Waals surface area (Å²) in [7, 11) is -1.60. The first-order chi connectivity index (χ1) is 16.4. The van der Waals surface area contributed by atoms with Crippen LogP contribution in [0, 0.1) is 5.82 Å². The second-order valence-corrected chi connectivity index (χ2v) is 11.2. The van der Waals surface area contributed by atoms with Gasteiger partial charge in [0.2, 0.25) is 0 Å². The molecule has 0 saturated heterocycles. The Morgan fingerprint density at radius 3 is 2.21 bits per heavy atom. The van der Waals surface area contributed by atoms with Crippen molar-refractivity contribution in [2.75, 3.05) is 20.0 Å². The fourth-order valence-electron chi connectivity index (χ4n) is 5.22. The predicted octanol–water partition coefficient (Wildman–Crippen LogP) is 7.14. The van der Waals surface area contributed by atoms with Crippen LogP contribution in [0.4, 0.5) is 4.39 Å². The predicted molar refractivity (Wildman–Crippen MR) is 136 cm³/mol. The molecule has 1 aliphatic rings. The lowest BCUT2D eigenvalue weighted by Gasteiger charge is -2.34. The molecule has 0 amide bonds. The summed E-state index contributed by atoms with van der Waals surface area (Å²) in [6.07, 6.45) is 13.3. The van der Waals surface area contributed by atoms with Gasteiger partial charge in [-0.15, -0.1) is 0 Å². The quantitative estimate of drug-likeness (QED) is 0.209. The molecule has 0 bridgehead atoms. The lowest BCUT2D eigenvalue weighted by molar-refractivity contribution is 0.309. The second kappa shape index (κ2) is 13.2. The van der Waals surface area contributed by atoms with E-state index in [-0.39, 0.29) is 5.82 Å². The molecule has 0 fully saturated rings. The van der Waals surface area contributed by atoms with Gasteiger partial charge >= 0.3 is 0 Å². The lowest BCUT2D eigenvalue weighted by atomic mass is 9.70. The summed E-state index contributed by atoms with van der Waals surface area (Å²) in [5.74, 6) is 1.62. The largest absolute Gasteiger partial charge is 0.497 e. The highest BCUT2D eigenvalue weighted by molar-refractivity contribution is 7.85. The Morgan fingerprint density at radius 2 is 1.56 bits per heavy atom. The van der Waals surface area contributed by atoms with Crippen LogP contribution in [0.2, 0.25) is 0 Å². The van der Waals surface area contributed by atoms with Crippen molar-refractivity contribution < 1.29 is 21.7 Å². The van der Waals surface area contributed by atoms with Crippen molar-refractivity contribution >= 4 is 10.1 Å². The molecule has 4 nitrogen and oxygen atoms in total. The summed E-state index contributed by atoms with van der Waals surface area (Å²) >= 11 is 0. The maximum absolute atomic E-state index is 13.5. The molecule has 0 aromatic heterocycles. The van der Waals surface area contributed by atoms with Crippen LogP contribution in [0.25, 0.3) is 0 Å². The zero-order valence-corrected chi connectivity index (χ0v) is 21.4. The van der Waals surface area contributed by atoms with Crippen molar-refractivity contribution in [2.24, 2.45) is 0 Å². The van der Waals surface area contributed by atoms with E-state index in [1.807, 2.05) is 12.1 Å². The molecule has 2 unspecified atom stereocenters. The topological polar surface area (TPSA) is 52.6 Å². The third-order valence-electron chi connectivity index (χ3n) is 6.97. The smallest absolute Gasteiger partial charge is 0.264 e. The van der Waals surface area contributed by atoms with E-state index in [4.69, 9.17) is 8.92 Å². The van der Waals surface area contributed by atoms with Crippen LogP contribution in [-0.4, -0.2) is 28.4 Å². The minimum Gasteiger partial charge on any atom is -0.497 e. The first kappa shape index (κ1) is 26.7. The molecular formula is C28H39FO4S. The fourth-order valence-corrected chi connectivity index (χ4v) is 5.64. The number of rotatable bonds is 14. The molecular weight excluding hydrogens is 451 g/mol. The van der Waals surface area contributed by atoms with Crippen molar-refractivity contribution in [3.05, 3.63) is 65.0 Å². The van der Waals surface area contributed by atoms with Crippen molar-refractivity contribution in [3.63, 3.8) is 0 Å².